The summed E-state index contributed by atoms with van der Waals surface area (Å²) >= 11 is 0. The molecular formula is C18H16N2O4. The van der Waals surface area contributed by atoms with Crippen molar-refractivity contribution >= 4 is 23.4 Å². The van der Waals surface area contributed by atoms with E-state index in [2.05, 4.69) is 5.32 Å². The van der Waals surface area contributed by atoms with Crippen molar-refractivity contribution in [3.05, 3.63) is 54.1 Å². The van der Waals surface area contributed by atoms with Gasteiger partial charge in [-0.25, -0.2) is 4.79 Å². The van der Waals surface area contributed by atoms with E-state index >= 15 is 0 Å². The Labute approximate surface area is 139 Å². The second-order valence-electron chi connectivity index (χ2n) is 5.72. The average Bonchev–Trinajstić information content (AvgIpc) is 3.21. The number of para-hydroxylation sites is 1. The summed E-state index contributed by atoms with van der Waals surface area (Å²) in [4.78, 5) is 25.6. The van der Waals surface area contributed by atoms with E-state index in [1.165, 1.54) is 4.90 Å². The van der Waals surface area contributed by atoms with E-state index in [9.17, 15) is 9.59 Å². The van der Waals surface area contributed by atoms with Crippen LogP contribution in [-0.4, -0.2) is 31.3 Å². The lowest BCUT2D eigenvalue weighted by Gasteiger charge is -2.15. The second kappa shape index (κ2) is 5.88. The number of fused-ring (bicyclic) bond motifs is 1. The third-order valence-corrected chi connectivity index (χ3v) is 4.13. The molecule has 2 amide bonds. The first kappa shape index (κ1) is 14.6. The first-order valence-corrected chi connectivity index (χ1v) is 7.80. The van der Waals surface area contributed by atoms with Crippen molar-refractivity contribution in [2.75, 3.05) is 23.4 Å². The summed E-state index contributed by atoms with van der Waals surface area (Å²) in [5, 5.41) is 2.85. The molecule has 1 atom stereocenters. The number of carbonyl (C=O) groups is 2. The van der Waals surface area contributed by atoms with Crippen LogP contribution in [0, 0.1) is 0 Å². The molecule has 2 aliphatic rings. The molecular weight excluding hydrogens is 308 g/mol. The Morgan fingerprint density at radius 3 is 2.83 bits per heavy atom. The molecule has 0 aromatic heterocycles. The van der Waals surface area contributed by atoms with Crippen LogP contribution in [0.5, 0.6) is 5.75 Å². The first-order valence-electron chi connectivity index (χ1n) is 7.80. The Morgan fingerprint density at radius 1 is 1.17 bits per heavy atom. The quantitative estimate of drug-likeness (QED) is 0.942. The molecule has 1 N–H and O–H groups in total. The maximum atomic E-state index is 12.4. The van der Waals surface area contributed by atoms with Gasteiger partial charge >= 0.3 is 6.09 Å². The van der Waals surface area contributed by atoms with Crippen LogP contribution in [0.25, 0.3) is 0 Å². The normalized spacial score (nSPS) is 18.8. The van der Waals surface area contributed by atoms with Crippen LogP contribution in [0.15, 0.2) is 48.5 Å². The van der Waals surface area contributed by atoms with E-state index in [0.29, 0.717) is 30.9 Å². The van der Waals surface area contributed by atoms with Crippen LogP contribution in [0.3, 0.4) is 0 Å². The molecule has 2 aromatic carbocycles. The van der Waals surface area contributed by atoms with Gasteiger partial charge in [0.25, 0.3) is 5.91 Å². The minimum absolute atomic E-state index is 0.202. The fourth-order valence-electron chi connectivity index (χ4n) is 2.93. The van der Waals surface area contributed by atoms with Crippen LogP contribution in [-0.2, 0) is 16.0 Å². The molecule has 1 unspecified atom stereocenters. The molecule has 1 saturated heterocycles. The maximum Gasteiger partial charge on any atom is 0.414 e. The van der Waals surface area contributed by atoms with Crippen LogP contribution < -0.4 is 15.0 Å². The van der Waals surface area contributed by atoms with Gasteiger partial charge in [0.2, 0.25) is 0 Å². The van der Waals surface area contributed by atoms with Gasteiger partial charge < -0.3 is 14.8 Å². The molecule has 1 fully saturated rings. The van der Waals surface area contributed by atoms with Gasteiger partial charge in [-0.2, -0.15) is 0 Å². The molecule has 2 aromatic rings. The van der Waals surface area contributed by atoms with Gasteiger partial charge in [-0.05, 0) is 29.8 Å². The Balaban J connectivity index is 1.46. The van der Waals surface area contributed by atoms with Gasteiger partial charge in [0, 0.05) is 17.8 Å². The number of cyclic esters (lactones) is 1. The van der Waals surface area contributed by atoms with Gasteiger partial charge in [0.1, 0.15) is 12.4 Å². The highest BCUT2D eigenvalue weighted by Gasteiger charge is 2.29. The third kappa shape index (κ3) is 2.67. The minimum atomic E-state index is -0.539. The summed E-state index contributed by atoms with van der Waals surface area (Å²) in [6.07, 6.45) is -0.351. The number of anilines is 2. The molecule has 0 aliphatic carbocycles. The van der Waals surface area contributed by atoms with E-state index < -0.39 is 6.10 Å². The van der Waals surface area contributed by atoms with Crippen LogP contribution in [0.2, 0.25) is 0 Å². The molecule has 2 aliphatic heterocycles. The first-order chi connectivity index (χ1) is 11.7. The lowest BCUT2D eigenvalue weighted by atomic mass is 10.1. The van der Waals surface area contributed by atoms with E-state index in [1.54, 1.807) is 18.2 Å². The van der Waals surface area contributed by atoms with E-state index in [4.69, 9.17) is 9.47 Å². The van der Waals surface area contributed by atoms with Crippen molar-refractivity contribution in [1.82, 2.24) is 0 Å². The van der Waals surface area contributed by atoms with E-state index in [-0.39, 0.29) is 12.0 Å². The van der Waals surface area contributed by atoms with E-state index in [0.717, 1.165) is 11.3 Å². The predicted octanol–water partition coefficient (Wildman–Crippen LogP) is 2.59. The number of nitrogens with zero attached hydrogens (tertiary/aromatic N) is 1. The van der Waals surface area contributed by atoms with Crippen molar-refractivity contribution in [2.24, 2.45) is 0 Å². The highest BCUT2D eigenvalue weighted by molar-refractivity contribution is 5.96. The molecule has 0 radical (unpaired) electrons. The molecule has 0 bridgehead atoms. The van der Waals surface area contributed by atoms with Gasteiger partial charge in [-0.3, -0.25) is 9.69 Å². The average molecular weight is 324 g/mol. The number of nitrogens with one attached hydrogen (secondary N) is 1. The number of amides is 2. The predicted molar refractivity (Wildman–Crippen MR) is 88.3 cm³/mol. The second-order valence-corrected chi connectivity index (χ2v) is 5.72. The maximum absolute atomic E-state index is 12.4. The molecule has 6 nitrogen and oxygen atoms in total. The number of rotatable bonds is 3. The lowest BCUT2D eigenvalue weighted by Crippen LogP contribution is -2.31. The molecule has 4 rings (SSSR count). The molecule has 6 heteroatoms. The van der Waals surface area contributed by atoms with Crippen molar-refractivity contribution < 1.29 is 19.1 Å². The topological polar surface area (TPSA) is 67.9 Å². The number of ether oxygens (including phenoxy) is 2. The van der Waals surface area contributed by atoms with Gasteiger partial charge in [0.05, 0.1) is 6.54 Å². The molecule has 122 valence electrons. The van der Waals surface area contributed by atoms with Gasteiger partial charge in [-0.15, -0.1) is 0 Å². The summed E-state index contributed by atoms with van der Waals surface area (Å²) < 4.78 is 10.6. The Bertz CT molecular complexity index is 780. The number of benzene rings is 2. The van der Waals surface area contributed by atoms with Gasteiger partial charge in [-0.1, -0.05) is 24.3 Å². The molecule has 0 spiro atoms. The SMILES string of the molecule is O=C(Nc1cccc(N2CCOC2=O)c1)C1Cc2ccccc2O1. The van der Waals surface area contributed by atoms with Crippen molar-refractivity contribution in [1.29, 1.82) is 0 Å². The zero-order valence-electron chi connectivity index (χ0n) is 12.9. The van der Waals surface area contributed by atoms with Crippen molar-refractivity contribution in [3.63, 3.8) is 0 Å². The van der Waals surface area contributed by atoms with Gasteiger partial charge in [0.15, 0.2) is 6.10 Å². The lowest BCUT2D eigenvalue weighted by molar-refractivity contribution is -0.122. The van der Waals surface area contributed by atoms with Crippen LogP contribution in [0.1, 0.15) is 5.56 Å². The fourth-order valence-corrected chi connectivity index (χ4v) is 2.93. The summed E-state index contributed by atoms with van der Waals surface area (Å²) in [6, 6.07) is 14.8. The summed E-state index contributed by atoms with van der Waals surface area (Å²) in [5.74, 6) is 0.554. The van der Waals surface area contributed by atoms with Crippen LogP contribution in [0.4, 0.5) is 16.2 Å². The molecule has 0 saturated carbocycles. The number of hydrogen-bond donors (Lipinski definition) is 1. The van der Waals surface area contributed by atoms with E-state index in [1.807, 2.05) is 30.3 Å². The summed E-state index contributed by atoms with van der Waals surface area (Å²) in [6.45, 7) is 0.890. The highest BCUT2D eigenvalue weighted by atomic mass is 16.6. The Morgan fingerprint density at radius 2 is 2.04 bits per heavy atom. The van der Waals surface area contributed by atoms with Crippen LogP contribution >= 0.6 is 0 Å². The Kier molecular flexibility index (Phi) is 3.57. The fraction of sp³-hybridized carbons (Fsp3) is 0.222. The summed E-state index contributed by atoms with van der Waals surface area (Å²) in [5.41, 5.74) is 2.36. The molecule has 2 heterocycles. The zero-order valence-corrected chi connectivity index (χ0v) is 12.9. The Hall–Kier alpha value is -3.02. The zero-order chi connectivity index (χ0) is 16.5. The smallest absolute Gasteiger partial charge is 0.414 e. The summed E-state index contributed by atoms with van der Waals surface area (Å²) in [7, 11) is 0. The number of carbonyl (C=O) groups excluding carboxylic acids is 2. The highest BCUT2D eigenvalue weighted by Crippen LogP contribution is 2.29. The van der Waals surface area contributed by atoms with Crippen molar-refractivity contribution in [2.45, 2.75) is 12.5 Å². The monoisotopic (exact) mass is 324 g/mol. The number of hydrogen-bond acceptors (Lipinski definition) is 4. The third-order valence-electron chi connectivity index (χ3n) is 4.13. The minimum Gasteiger partial charge on any atom is -0.480 e. The largest absolute Gasteiger partial charge is 0.480 e. The standard InChI is InChI=1S/C18H16N2O4/c21-17(16-10-12-4-1-2-7-15(12)24-16)19-13-5-3-6-14(11-13)20-8-9-23-18(20)22/h1-7,11,16H,8-10H2,(H,19,21). The van der Waals surface area contributed by atoms with Crippen molar-refractivity contribution in [3.8, 4) is 5.75 Å². The molecule has 24 heavy (non-hydrogen) atoms.